The van der Waals surface area contributed by atoms with E-state index in [1.807, 2.05) is 25.1 Å². The number of carbonyl (C=O) groups excluding carboxylic acids is 1. The van der Waals surface area contributed by atoms with E-state index in [0.29, 0.717) is 12.5 Å². The molecule has 0 radical (unpaired) electrons. The van der Waals surface area contributed by atoms with Crippen LogP contribution in [0.25, 0.3) is 0 Å². The maximum absolute atomic E-state index is 12.0. The van der Waals surface area contributed by atoms with Crippen LogP contribution in [0.5, 0.6) is 0 Å². The molecule has 2 rings (SSSR count). The van der Waals surface area contributed by atoms with Crippen molar-refractivity contribution in [3.05, 3.63) is 41.4 Å². The summed E-state index contributed by atoms with van der Waals surface area (Å²) in [6.45, 7) is 4.64. The van der Waals surface area contributed by atoms with Crippen LogP contribution in [0.15, 0.2) is 40.2 Å². The maximum atomic E-state index is 12.0. The molecule has 0 fully saturated rings. The highest BCUT2D eigenvalue weighted by atomic mass is 32.2. The molecule has 106 valence electrons. The van der Waals surface area contributed by atoms with E-state index < -0.39 is 0 Å². The minimum Gasteiger partial charge on any atom is -0.355 e. The van der Waals surface area contributed by atoms with E-state index >= 15 is 0 Å². The van der Waals surface area contributed by atoms with E-state index in [2.05, 4.69) is 34.6 Å². The zero-order valence-electron chi connectivity index (χ0n) is 11.4. The Balaban J connectivity index is 1.80. The second kappa shape index (κ2) is 7.40. The Bertz CT molecular complexity index is 531. The van der Waals surface area contributed by atoms with Crippen LogP contribution in [0, 0.1) is 0 Å². The lowest BCUT2D eigenvalue weighted by atomic mass is 10.0. The molecule has 0 aliphatic rings. The van der Waals surface area contributed by atoms with E-state index in [1.165, 1.54) is 28.7 Å². The Kier molecular flexibility index (Phi) is 5.55. The first kappa shape index (κ1) is 15.0. The van der Waals surface area contributed by atoms with E-state index in [9.17, 15) is 4.79 Å². The van der Waals surface area contributed by atoms with Crippen molar-refractivity contribution in [1.29, 1.82) is 0 Å². The predicted molar refractivity (Wildman–Crippen MR) is 83.1 cm³/mol. The molecule has 1 aromatic carbocycles. The maximum Gasteiger partial charge on any atom is 0.233 e. The summed E-state index contributed by atoms with van der Waals surface area (Å²) in [6, 6.07) is 10.2. The fourth-order valence-corrected chi connectivity index (χ4v) is 3.37. The van der Waals surface area contributed by atoms with Crippen molar-refractivity contribution < 1.29 is 4.79 Å². The zero-order valence-corrected chi connectivity index (χ0v) is 13.1. The third-order valence-corrected chi connectivity index (χ3v) is 4.85. The number of nitrogens with zero attached hydrogens (tertiary/aromatic N) is 2. The average molecular weight is 307 g/mol. The lowest BCUT2D eigenvalue weighted by molar-refractivity contribution is -0.120. The molecule has 0 aliphatic heterocycles. The number of aromatic nitrogens is 2. The topological polar surface area (TPSA) is 54.9 Å². The number of hydrogen-bond donors (Lipinski definition) is 1. The molecule has 0 spiro atoms. The zero-order chi connectivity index (χ0) is 14.4. The van der Waals surface area contributed by atoms with Gasteiger partial charge in [0, 0.05) is 6.54 Å². The van der Waals surface area contributed by atoms with Crippen molar-refractivity contribution in [3.8, 4) is 0 Å². The number of thioether (sulfide) groups is 1. The van der Waals surface area contributed by atoms with Crippen molar-refractivity contribution in [1.82, 2.24) is 15.5 Å². The Morgan fingerprint density at radius 1 is 1.35 bits per heavy atom. The van der Waals surface area contributed by atoms with Gasteiger partial charge in [0.1, 0.15) is 5.51 Å². The van der Waals surface area contributed by atoms with E-state index in [1.54, 1.807) is 5.51 Å². The summed E-state index contributed by atoms with van der Waals surface area (Å²) in [7, 11) is 0. The molecule has 1 amide bonds. The van der Waals surface area contributed by atoms with Gasteiger partial charge in [-0.3, -0.25) is 4.79 Å². The molecule has 0 aliphatic carbocycles. The highest BCUT2D eigenvalue weighted by Gasteiger charge is 2.16. The molecular formula is C14H17N3OS2. The van der Waals surface area contributed by atoms with Gasteiger partial charge in [-0.05, 0) is 18.4 Å². The first-order valence-electron chi connectivity index (χ1n) is 6.42. The summed E-state index contributed by atoms with van der Waals surface area (Å²) < 4.78 is 0.823. The summed E-state index contributed by atoms with van der Waals surface area (Å²) in [6.07, 6.45) is 0. The van der Waals surface area contributed by atoms with Crippen LogP contribution in [0.1, 0.15) is 25.3 Å². The van der Waals surface area contributed by atoms with Crippen LogP contribution in [-0.4, -0.2) is 27.9 Å². The van der Waals surface area contributed by atoms with Crippen molar-refractivity contribution in [2.45, 2.75) is 29.4 Å². The Morgan fingerprint density at radius 2 is 2.10 bits per heavy atom. The third kappa shape index (κ3) is 4.31. The number of benzene rings is 1. The minimum atomic E-state index is -0.161. The lowest BCUT2D eigenvalue weighted by Gasteiger charge is -2.15. The van der Waals surface area contributed by atoms with Crippen LogP contribution < -0.4 is 5.32 Å². The smallest absolute Gasteiger partial charge is 0.233 e. The van der Waals surface area contributed by atoms with E-state index in [-0.39, 0.29) is 11.2 Å². The van der Waals surface area contributed by atoms with Gasteiger partial charge >= 0.3 is 0 Å². The molecule has 1 heterocycles. The molecule has 2 aromatic rings. The van der Waals surface area contributed by atoms with Gasteiger partial charge in [0.2, 0.25) is 5.91 Å². The van der Waals surface area contributed by atoms with Gasteiger partial charge < -0.3 is 5.32 Å². The van der Waals surface area contributed by atoms with Crippen LogP contribution in [-0.2, 0) is 4.79 Å². The van der Waals surface area contributed by atoms with Gasteiger partial charge in [0.15, 0.2) is 4.34 Å². The molecule has 0 unspecified atom stereocenters. The van der Waals surface area contributed by atoms with Gasteiger partial charge in [-0.1, -0.05) is 60.4 Å². The molecule has 0 saturated heterocycles. The van der Waals surface area contributed by atoms with Crippen LogP contribution in [0.2, 0.25) is 0 Å². The fourth-order valence-electron chi connectivity index (χ4n) is 1.72. The Morgan fingerprint density at radius 3 is 2.75 bits per heavy atom. The van der Waals surface area contributed by atoms with E-state index in [0.717, 1.165) is 4.34 Å². The second-order valence-corrected chi connectivity index (χ2v) is 6.94. The monoisotopic (exact) mass is 307 g/mol. The molecular weight excluding hydrogens is 290 g/mol. The number of carbonyl (C=O) groups is 1. The van der Waals surface area contributed by atoms with Gasteiger partial charge in [-0.2, -0.15) is 0 Å². The highest BCUT2D eigenvalue weighted by Crippen LogP contribution is 2.24. The van der Waals surface area contributed by atoms with Gasteiger partial charge in [0.25, 0.3) is 0 Å². The Labute approximate surface area is 127 Å². The Hall–Kier alpha value is -1.40. The number of amides is 1. The normalized spacial score (nSPS) is 13.7. The van der Waals surface area contributed by atoms with Crippen molar-refractivity contribution in [2.75, 3.05) is 6.54 Å². The van der Waals surface area contributed by atoms with Crippen molar-refractivity contribution in [3.63, 3.8) is 0 Å². The van der Waals surface area contributed by atoms with Gasteiger partial charge in [0.05, 0.1) is 5.25 Å². The van der Waals surface area contributed by atoms with E-state index in [4.69, 9.17) is 0 Å². The standard InChI is InChI=1S/C14H17N3OS2/c1-10(12-6-4-3-5-7-12)8-15-13(18)11(2)20-14-17-16-9-19-14/h3-7,9-11H,8H2,1-2H3,(H,15,18)/t10-,11-/m0/s1. The SMILES string of the molecule is C[C@H](Sc1nncs1)C(=O)NC[C@H](C)c1ccccc1. The first-order chi connectivity index (χ1) is 9.66. The summed E-state index contributed by atoms with van der Waals surface area (Å²) >= 11 is 2.89. The first-order valence-corrected chi connectivity index (χ1v) is 8.18. The highest BCUT2D eigenvalue weighted by molar-refractivity contribution is 8.02. The van der Waals surface area contributed by atoms with Gasteiger partial charge in [-0.25, -0.2) is 0 Å². The summed E-state index contributed by atoms with van der Waals surface area (Å²) in [4.78, 5) is 12.0. The molecule has 1 aromatic heterocycles. The third-order valence-electron chi connectivity index (χ3n) is 2.94. The van der Waals surface area contributed by atoms with Crippen molar-refractivity contribution in [2.24, 2.45) is 0 Å². The fraction of sp³-hybridized carbons (Fsp3) is 0.357. The largest absolute Gasteiger partial charge is 0.355 e. The summed E-state index contributed by atoms with van der Waals surface area (Å²) in [5.41, 5.74) is 2.90. The molecule has 1 N–H and O–H groups in total. The summed E-state index contributed by atoms with van der Waals surface area (Å²) in [5.74, 6) is 0.340. The van der Waals surface area contributed by atoms with Gasteiger partial charge in [-0.15, -0.1) is 10.2 Å². The predicted octanol–water partition coefficient (Wildman–Crippen LogP) is 2.94. The molecule has 20 heavy (non-hydrogen) atoms. The number of hydrogen-bond acceptors (Lipinski definition) is 5. The molecule has 4 nitrogen and oxygen atoms in total. The average Bonchev–Trinajstić information content (AvgIpc) is 2.98. The molecule has 0 saturated carbocycles. The second-order valence-electron chi connectivity index (χ2n) is 4.52. The molecule has 0 bridgehead atoms. The molecule has 2 atom stereocenters. The van der Waals surface area contributed by atoms with Crippen LogP contribution in [0.4, 0.5) is 0 Å². The summed E-state index contributed by atoms with van der Waals surface area (Å²) in [5, 5.41) is 10.5. The number of rotatable bonds is 6. The van der Waals surface area contributed by atoms with Crippen molar-refractivity contribution >= 4 is 29.0 Å². The molecule has 6 heteroatoms. The lowest BCUT2D eigenvalue weighted by Crippen LogP contribution is -2.33. The van der Waals surface area contributed by atoms with Crippen LogP contribution in [0.3, 0.4) is 0 Å². The number of nitrogens with one attached hydrogen (secondary N) is 1. The van der Waals surface area contributed by atoms with Crippen LogP contribution >= 0.6 is 23.1 Å². The minimum absolute atomic E-state index is 0.0352. The quantitative estimate of drug-likeness (QED) is 0.834.